The van der Waals surface area contributed by atoms with Crippen LogP contribution in [0.4, 0.5) is 11.4 Å². The lowest BCUT2D eigenvalue weighted by Crippen LogP contribution is -2.49. The summed E-state index contributed by atoms with van der Waals surface area (Å²) in [4.78, 5) is 28.4. The van der Waals surface area contributed by atoms with E-state index in [2.05, 4.69) is 15.5 Å². The number of methoxy groups -OCH3 is 1. The van der Waals surface area contributed by atoms with Crippen LogP contribution in [-0.4, -0.2) is 55.1 Å². The first-order valence-electron chi connectivity index (χ1n) is 10.0. The smallest absolute Gasteiger partial charge is 0.257 e. The van der Waals surface area contributed by atoms with Gasteiger partial charge in [-0.3, -0.25) is 14.9 Å². The van der Waals surface area contributed by atoms with Crippen molar-refractivity contribution in [2.75, 3.05) is 43.5 Å². The van der Waals surface area contributed by atoms with Gasteiger partial charge in [0.25, 0.3) is 5.91 Å². The number of rotatable bonds is 5. The third kappa shape index (κ3) is 5.65. The zero-order valence-electron chi connectivity index (χ0n) is 17.5. The first-order chi connectivity index (χ1) is 14.9. The first kappa shape index (κ1) is 22.8. The van der Waals surface area contributed by atoms with Crippen LogP contribution in [0.3, 0.4) is 0 Å². The molecule has 0 spiro atoms. The summed E-state index contributed by atoms with van der Waals surface area (Å²) in [6.45, 7) is 4.46. The number of halogens is 1. The van der Waals surface area contributed by atoms with Gasteiger partial charge >= 0.3 is 0 Å². The van der Waals surface area contributed by atoms with E-state index in [-0.39, 0.29) is 16.9 Å². The maximum Gasteiger partial charge on any atom is 0.257 e. The number of para-hydroxylation sites is 1. The summed E-state index contributed by atoms with van der Waals surface area (Å²) in [5.74, 6) is 0.497. The van der Waals surface area contributed by atoms with Gasteiger partial charge in [0.05, 0.1) is 23.5 Å². The van der Waals surface area contributed by atoms with Crippen molar-refractivity contribution < 1.29 is 14.3 Å². The fourth-order valence-electron chi connectivity index (χ4n) is 3.41. The topological polar surface area (TPSA) is 73.9 Å². The van der Waals surface area contributed by atoms with Gasteiger partial charge < -0.3 is 19.9 Å². The van der Waals surface area contributed by atoms with E-state index in [0.717, 1.165) is 5.69 Å². The van der Waals surface area contributed by atoms with Crippen molar-refractivity contribution in [1.82, 2.24) is 10.2 Å². The van der Waals surface area contributed by atoms with Crippen LogP contribution in [0.2, 0.25) is 5.02 Å². The van der Waals surface area contributed by atoms with Crippen molar-refractivity contribution in [2.24, 2.45) is 0 Å². The number of anilines is 2. The standard InChI is InChI=1S/C22H25ClN4O3S/c1-3-19(28)26-11-13-27(14-12-26)20-17(23)5-4-6-18(20)24-22(31)25-21(29)15-7-9-16(30-2)10-8-15/h4-10H,3,11-14H2,1-2H3,(H2,24,25,29,31). The van der Waals surface area contributed by atoms with Gasteiger partial charge in [0.15, 0.2) is 5.11 Å². The molecule has 0 atom stereocenters. The number of nitrogens with one attached hydrogen (secondary N) is 2. The van der Waals surface area contributed by atoms with Crippen LogP contribution in [0.1, 0.15) is 23.7 Å². The molecule has 2 amide bonds. The van der Waals surface area contributed by atoms with Gasteiger partial charge in [-0.15, -0.1) is 0 Å². The third-order valence-corrected chi connectivity index (χ3v) is 5.57. The van der Waals surface area contributed by atoms with E-state index in [1.54, 1.807) is 31.4 Å². The second-order valence-corrected chi connectivity index (χ2v) is 7.81. The Balaban J connectivity index is 1.67. The second kappa shape index (κ2) is 10.5. The summed E-state index contributed by atoms with van der Waals surface area (Å²) < 4.78 is 5.11. The molecule has 9 heteroatoms. The van der Waals surface area contributed by atoms with E-state index in [9.17, 15) is 9.59 Å². The summed E-state index contributed by atoms with van der Waals surface area (Å²) in [5.41, 5.74) is 1.96. The Bertz CT molecular complexity index is 960. The van der Waals surface area contributed by atoms with Gasteiger partial charge in [0, 0.05) is 38.2 Å². The van der Waals surface area contributed by atoms with Crippen molar-refractivity contribution >= 4 is 52.1 Å². The Hall–Kier alpha value is -2.84. The quantitative estimate of drug-likeness (QED) is 0.665. The Morgan fingerprint density at radius 1 is 1.10 bits per heavy atom. The Kier molecular flexibility index (Phi) is 7.70. The maximum atomic E-state index is 12.5. The van der Waals surface area contributed by atoms with E-state index >= 15 is 0 Å². The third-order valence-electron chi connectivity index (χ3n) is 5.07. The van der Waals surface area contributed by atoms with Crippen molar-refractivity contribution in [2.45, 2.75) is 13.3 Å². The molecule has 1 aliphatic rings. The number of piperazine rings is 1. The van der Waals surface area contributed by atoms with Gasteiger partial charge in [-0.1, -0.05) is 24.6 Å². The Labute approximate surface area is 192 Å². The molecule has 2 N–H and O–H groups in total. The molecule has 1 fully saturated rings. The fraction of sp³-hybridized carbons (Fsp3) is 0.318. The predicted molar refractivity (Wildman–Crippen MR) is 127 cm³/mol. The summed E-state index contributed by atoms with van der Waals surface area (Å²) >= 11 is 11.8. The molecule has 1 saturated heterocycles. The normalized spacial score (nSPS) is 13.5. The lowest BCUT2D eigenvalue weighted by Gasteiger charge is -2.37. The van der Waals surface area contributed by atoms with Crippen molar-refractivity contribution in [3.8, 4) is 5.75 Å². The number of hydrogen-bond donors (Lipinski definition) is 2. The minimum atomic E-state index is -0.324. The highest BCUT2D eigenvalue weighted by molar-refractivity contribution is 7.80. The van der Waals surface area contributed by atoms with Gasteiger partial charge in [0.1, 0.15) is 5.75 Å². The van der Waals surface area contributed by atoms with Crippen LogP contribution in [0.15, 0.2) is 42.5 Å². The molecule has 1 heterocycles. The highest BCUT2D eigenvalue weighted by Crippen LogP contribution is 2.34. The Morgan fingerprint density at radius 2 is 1.77 bits per heavy atom. The molecule has 2 aromatic carbocycles. The molecular formula is C22H25ClN4O3S. The highest BCUT2D eigenvalue weighted by Gasteiger charge is 2.23. The van der Waals surface area contributed by atoms with E-state index in [1.165, 1.54) is 0 Å². The number of carbonyl (C=O) groups excluding carboxylic acids is 2. The van der Waals surface area contributed by atoms with Crippen molar-refractivity contribution in [1.29, 1.82) is 0 Å². The number of benzene rings is 2. The average Bonchev–Trinajstić information content (AvgIpc) is 2.79. The van der Waals surface area contributed by atoms with Crippen LogP contribution in [0, 0.1) is 0 Å². The van der Waals surface area contributed by atoms with Crippen molar-refractivity contribution in [3.63, 3.8) is 0 Å². The molecule has 0 aliphatic carbocycles. The average molecular weight is 461 g/mol. The van der Waals surface area contributed by atoms with Gasteiger partial charge in [-0.25, -0.2) is 0 Å². The molecule has 7 nitrogen and oxygen atoms in total. The van der Waals surface area contributed by atoms with Crippen LogP contribution in [0.25, 0.3) is 0 Å². The minimum absolute atomic E-state index is 0.152. The second-order valence-electron chi connectivity index (χ2n) is 6.99. The predicted octanol–water partition coefficient (Wildman–Crippen LogP) is 3.53. The molecule has 3 rings (SSSR count). The lowest BCUT2D eigenvalue weighted by molar-refractivity contribution is -0.131. The number of ether oxygens (including phenoxy) is 1. The minimum Gasteiger partial charge on any atom is -0.497 e. The van der Waals surface area contributed by atoms with Crippen molar-refractivity contribution in [3.05, 3.63) is 53.1 Å². The molecule has 1 aliphatic heterocycles. The highest BCUT2D eigenvalue weighted by atomic mass is 35.5. The summed E-state index contributed by atoms with van der Waals surface area (Å²) in [6.07, 6.45) is 0.501. The molecular weight excluding hydrogens is 436 g/mol. The van der Waals surface area contributed by atoms with Crippen LogP contribution in [0.5, 0.6) is 5.75 Å². The van der Waals surface area contributed by atoms with Crippen LogP contribution >= 0.6 is 23.8 Å². The largest absolute Gasteiger partial charge is 0.497 e. The van der Waals surface area contributed by atoms with Gasteiger partial charge in [-0.05, 0) is 48.6 Å². The van der Waals surface area contributed by atoms with E-state index in [1.807, 2.05) is 30.0 Å². The molecule has 2 aromatic rings. The number of nitrogens with zero attached hydrogens (tertiary/aromatic N) is 2. The number of carbonyl (C=O) groups is 2. The molecule has 0 saturated carbocycles. The van der Waals surface area contributed by atoms with E-state index in [4.69, 9.17) is 28.6 Å². The molecule has 0 bridgehead atoms. The van der Waals surface area contributed by atoms with Crippen LogP contribution < -0.4 is 20.3 Å². The number of thiocarbonyl (C=S) groups is 1. The zero-order chi connectivity index (χ0) is 22.4. The lowest BCUT2D eigenvalue weighted by atomic mass is 10.2. The Morgan fingerprint density at radius 3 is 2.39 bits per heavy atom. The zero-order valence-corrected chi connectivity index (χ0v) is 19.1. The summed E-state index contributed by atoms with van der Waals surface area (Å²) in [6, 6.07) is 12.2. The molecule has 31 heavy (non-hydrogen) atoms. The fourth-order valence-corrected chi connectivity index (χ4v) is 3.91. The molecule has 0 radical (unpaired) electrons. The monoisotopic (exact) mass is 460 g/mol. The summed E-state index contributed by atoms with van der Waals surface area (Å²) in [5, 5.41) is 6.52. The van der Waals surface area contributed by atoms with Gasteiger partial charge in [-0.2, -0.15) is 0 Å². The molecule has 0 aromatic heterocycles. The number of amides is 2. The SMILES string of the molecule is CCC(=O)N1CCN(c2c(Cl)cccc2NC(=S)NC(=O)c2ccc(OC)cc2)CC1. The molecule has 164 valence electrons. The number of hydrogen-bond acceptors (Lipinski definition) is 5. The van der Waals surface area contributed by atoms with E-state index in [0.29, 0.717) is 54.6 Å². The first-order valence-corrected chi connectivity index (χ1v) is 10.8. The van der Waals surface area contributed by atoms with Crippen LogP contribution in [-0.2, 0) is 4.79 Å². The van der Waals surface area contributed by atoms with Gasteiger partial charge in [0.2, 0.25) is 5.91 Å². The molecule has 0 unspecified atom stereocenters. The summed E-state index contributed by atoms with van der Waals surface area (Å²) in [7, 11) is 1.57. The maximum absolute atomic E-state index is 12.5. The van der Waals surface area contributed by atoms with E-state index < -0.39 is 0 Å².